The zero-order valence-corrected chi connectivity index (χ0v) is 26.9. The smallest absolute Gasteiger partial charge is 0.490 e. The Hall–Kier alpha value is -3.67. The van der Waals surface area contributed by atoms with Crippen LogP contribution < -0.4 is 15.4 Å². The van der Waals surface area contributed by atoms with Crippen LogP contribution in [0.1, 0.15) is 38.5 Å². The number of morpholine rings is 1. The van der Waals surface area contributed by atoms with Crippen molar-refractivity contribution in [3.8, 4) is 5.75 Å². The van der Waals surface area contributed by atoms with Crippen molar-refractivity contribution in [2.45, 2.75) is 55.6 Å². The molecule has 258 valence electrons. The molecule has 17 heteroatoms. The van der Waals surface area contributed by atoms with E-state index in [9.17, 15) is 21.6 Å². The van der Waals surface area contributed by atoms with Crippen LogP contribution in [0.25, 0.3) is 11.0 Å². The minimum atomic E-state index is -5.08. The zero-order valence-electron chi connectivity index (χ0n) is 26.1. The molecule has 0 bridgehead atoms. The second kappa shape index (κ2) is 15.0. The first kappa shape index (κ1) is 34.7. The Labute approximate surface area is 270 Å². The third-order valence-electron chi connectivity index (χ3n) is 8.73. The highest BCUT2D eigenvalue weighted by Gasteiger charge is 2.38. The zero-order chi connectivity index (χ0) is 33.6. The van der Waals surface area contributed by atoms with Crippen LogP contribution in [0, 0.1) is 5.92 Å². The number of aliphatic carboxylic acids is 1. The van der Waals surface area contributed by atoms with E-state index in [1.165, 1.54) is 32.8 Å². The van der Waals surface area contributed by atoms with Crippen LogP contribution in [0.15, 0.2) is 35.4 Å². The molecule has 0 atom stereocenters. The number of alkyl halides is 3. The molecule has 4 N–H and O–H groups in total. The molecular weight excluding hydrogens is 643 g/mol. The maximum absolute atomic E-state index is 13.5. The van der Waals surface area contributed by atoms with Crippen LogP contribution in [-0.2, 0) is 19.6 Å². The van der Waals surface area contributed by atoms with Crippen molar-refractivity contribution in [3.63, 3.8) is 0 Å². The number of sulfonamides is 1. The van der Waals surface area contributed by atoms with E-state index in [-0.39, 0.29) is 4.90 Å². The Morgan fingerprint density at radius 1 is 1.09 bits per heavy atom. The molecule has 0 radical (unpaired) electrons. The third-order valence-corrected chi connectivity index (χ3v) is 10.6. The molecule has 1 saturated carbocycles. The first-order chi connectivity index (χ1) is 22.5. The topological polar surface area (TPSA) is 162 Å². The van der Waals surface area contributed by atoms with Gasteiger partial charge >= 0.3 is 12.1 Å². The second-order valence-electron chi connectivity index (χ2n) is 11.7. The molecular formula is C30H40F3N7O6S. The number of piperidine rings is 1. The highest BCUT2D eigenvalue weighted by atomic mass is 32.2. The number of aromatic nitrogens is 3. The van der Waals surface area contributed by atoms with Crippen LogP contribution in [0.5, 0.6) is 5.75 Å². The molecule has 0 unspecified atom stereocenters. The molecule has 1 aromatic carbocycles. The molecule has 0 amide bonds. The molecule has 2 aliphatic heterocycles. The highest BCUT2D eigenvalue weighted by Crippen LogP contribution is 2.33. The van der Waals surface area contributed by atoms with Crippen LogP contribution in [0.2, 0.25) is 0 Å². The highest BCUT2D eigenvalue weighted by molar-refractivity contribution is 7.89. The molecule has 1 aliphatic carbocycles. The number of carboxylic acid groups (broad SMARTS) is 1. The number of methoxy groups -OCH3 is 1. The predicted octanol–water partition coefficient (Wildman–Crippen LogP) is 4.43. The Morgan fingerprint density at radius 3 is 2.40 bits per heavy atom. The molecule has 3 aliphatic rings. The number of carbonyl (C=O) groups is 1. The second-order valence-corrected chi connectivity index (χ2v) is 13.7. The number of hydrogen-bond acceptors (Lipinski definition) is 10. The number of fused-ring (bicyclic) bond motifs is 1. The number of benzene rings is 1. The summed E-state index contributed by atoms with van der Waals surface area (Å²) in [7, 11) is -2.11. The number of anilines is 3. The average molecular weight is 684 g/mol. The summed E-state index contributed by atoms with van der Waals surface area (Å²) in [6.45, 7) is 5.24. The lowest BCUT2D eigenvalue weighted by Gasteiger charge is -2.39. The molecule has 3 fully saturated rings. The fraction of sp³-hybridized carbons (Fsp3) is 0.567. The van der Waals surface area contributed by atoms with E-state index in [1.807, 2.05) is 12.3 Å². The molecule has 6 rings (SSSR count). The maximum atomic E-state index is 13.5. The third kappa shape index (κ3) is 8.63. The summed E-state index contributed by atoms with van der Waals surface area (Å²) in [5.74, 6) is -0.491. The lowest BCUT2D eigenvalue weighted by atomic mass is 10.0. The maximum Gasteiger partial charge on any atom is 0.490 e. The summed E-state index contributed by atoms with van der Waals surface area (Å²) in [5.41, 5.74) is 1.32. The van der Waals surface area contributed by atoms with Gasteiger partial charge in [-0.1, -0.05) is 12.8 Å². The van der Waals surface area contributed by atoms with E-state index >= 15 is 0 Å². The fourth-order valence-corrected chi connectivity index (χ4v) is 7.67. The number of nitrogens with one attached hydrogen (secondary N) is 3. The van der Waals surface area contributed by atoms with Crippen molar-refractivity contribution < 1.29 is 41.0 Å². The van der Waals surface area contributed by atoms with Gasteiger partial charge in [0.1, 0.15) is 17.2 Å². The lowest BCUT2D eigenvalue weighted by molar-refractivity contribution is -0.192. The van der Waals surface area contributed by atoms with Gasteiger partial charge < -0.3 is 30.2 Å². The van der Waals surface area contributed by atoms with Crippen molar-refractivity contribution in [2.24, 2.45) is 5.92 Å². The number of carboxylic acids is 1. The normalized spacial score (nSPS) is 18.9. The van der Waals surface area contributed by atoms with E-state index in [2.05, 4.69) is 25.5 Å². The Kier molecular flexibility index (Phi) is 11.1. The Morgan fingerprint density at radius 2 is 1.77 bits per heavy atom. The first-order valence-corrected chi connectivity index (χ1v) is 17.1. The SMILES string of the molecule is COc1cc(S(=O)(=O)N2CCC(N3CCOCC3)CC2)ccc1Nc1nc(NCC2CCCC2)c2cc[nH]c2n1.O=C(O)C(F)(F)F. The van der Waals surface area contributed by atoms with Crippen LogP contribution in [0.4, 0.5) is 30.6 Å². The number of aromatic amines is 1. The molecule has 2 saturated heterocycles. The van der Waals surface area contributed by atoms with Gasteiger partial charge in [-0.3, -0.25) is 4.90 Å². The molecule has 4 heterocycles. The number of halogens is 3. The summed E-state index contributed by atoms with van der Waals surface area (Å²) < 4.78 is 71.5. The number of ether oxygens (including phenoxy) is 2. The van der Waals surface area contributed by atoms with E-state index in [4.69, 9.17) is 24.4 Å². The van der Waals surface area contributed by atoms with Gasteiger partial charge in [0.2, 0.25) is 16.0 Å². The predicted molar refractivity (Wildman–Crippen MR) is 168 cm³/mol. The summed E-state index contributed by atoms with van der Waals surface area (Å²) >= 11 is 0. The molecule has 3 aromatic rings. The van der Waals surface area contributed by atoms with Crippen LogP contribution in [-0.4, -0.2) is 109 Å². The van der Waals surface area contributed by atoms with Crippen molar-refractivity contribution in [1.29, 1.82) is 0 Å². The van der Waals surface area contributed by atoms with Crippen molar-refractivity contribution in [1.82, 2.24) is 24.2 Å². The Bertz CT molecular complexity index is 1620. The minimum absolute atomic E-state index is 0.222. The number of hydrogen-bond donors (Lipinski definition) is 4. The van der Waals surface area contributed by atoms with Gasteiger partial charge in [-0.2, -0.15) is 27.4 Å². The van der Waals surface area contributed by atoms with E-state index in [1.54, 1.807) is 22.5 Å². The molecule has 47 heavy (non-hydrogen) atoms. The summed E-state index contributed by atoms with van der Waals surface area (Å²) in [6, 6.07) is 7.31. The monoisotopic (exact) mass is 683 g/mol. The standard InChI is InChI=1S/C28H39N7O4S.C2HF3O2/c1-38-25-18-22(40(36,37)35-12-9-21(10-13-35)34-14-16-39-17-15-34)6-7-24(25)31-28-32-26-23(8-11-29-26)27(33-28)30-19-20-4-2-3-5-20;3-2(4,5)1(6)7/h6-8,11,18,20-21H,2-5,9-10,12-17,19H2,1H3,(H3,29,30,31,32,33);(H,6,7). The molecule has 2 aromatic heterocycles. The van der Waals surface area contributed by atoms with Crippen molar-refractivity contribution in [3.05, 3.63) is 30.5 Å². The lowest BCUT2D eigenvalue weighted by Crippen LogP contribution is -2.50. The van der Waals surface area contributed by atoms with E-state index in [0.717, 1.165) is 62.5 Å². The van der Waals surface area contributed by atoms with Gasteiger partial charge in [0.15, 0.2) is 0 Å². The number of nitrogens with zero attached hydrogens (tertiary/aromatic N) is 4. The summed E-state index contributed by atoms with van der Waals surface area (Å²) in [5, 5.41) is 14.8. The fourth-order valence-electron chi connectivity index (χ4n) is 6.18. The molecule has 0 spiro atoms. The van der Waals surface area contributed by atoms with Gasteiger partial charge in [0, 0.05) is 51.0 Å². The van der Waals surface area contributed by atoms with Crippen molar-refractivity contribution >= 4 is 44.5 Å². The van der Waals surface area contributed by atoms with Gasteiger partial charge in [0.05, 0.1) is 36.3 Å². The summed E-state index contributed by atoms with van der Waals surface area (Å²) in [6.07, 6.45) is 3.50. The molecule has 13 nitrogen and oxygen atoms in total. The van der Waals surface area contributed by atoms with E-state index < -0.39 is 22.2 Å². The minimum Gasteiger partial charge on any atom is -0.495 e. The van der Waals surface area contributed by atoms with Gasteiger partial charge in [-0.15, -0.1) is 0 Å². The quantitative estimate of drug-likeness (QED) is 0.253. The van der Waals surface area contributed by atoms with E-state index in [0.29, 0.717) is 42.4 Å². The van der Waals surface area contributed by atoms with Crippen LogP contribution >= 0.6 is 0 Å². The van der Waals surface area contributed by atoms with Gasteiger partial charge in [0.25, 0.3) is 0 Å². The summed E-state index contributed by atoms with van der Waals surface area (Å²) in [4.78, 5) is 24.1. The Balaban J connectivity index is 0.000000559. The largest absolute Gasteiger partial charge is 0.495 e. The average Bonchev–Trinajstić information content (AvgIpc) is 3.77. The first-order valence-electron chi connectivity index (χ1n) is 15.6. The van der Waals surface area contributed by atoms with Gasteiger partial charge in [-0.05, 0) is 49.8 Å². The number of rotatable bonds is 9. The number of H-pyrrole nitrogens is 1. The van der Waals surface area contributed by atoms with Crippen molar-refractivity contribution in [2.75, 3.05) is 63.7 Å². The van der Waals surface area contributed by atoms with Gasteiger partial charge in [-0.25, -0.2) is 13.2 Å². The van der Waals surface area contributed by atoms with Crippen LogP contribution in [0.3, 0.4) is 0 Å².